The summed E-state index contributed by atoms with van der Waals surface area (Å²) in [5.41, 5.74) is 2.87. The maximum absolute atomic E-state index is 13.2. The number of nitrogens with one attached hydrogen (secondary N) is 1. The second-order valence-corrected chi connectivity index (χ2v) is 8.15. The number of carbonyl (C=O) groups excluding carboxylic acids is 2. The van der Waals surface area contributed by atoms with Crippen molar-refractivity contribution in [1.29, 1.82) is 0 Å². The second kappa shape index (κ2) is 8.47. The molecule has 0 bridgehead atoms. The molecule has 1 fully saturated rings. The third-order valence-electron chi connectivity index (χ3n) is 4.47. The fourth-order valence-corrected chi connectivity index (χ4v) is 3.88. The smallest absolute Gasteiger partial charge is 0.270 e. The summed E-state index contributed by atoms with van der Waals surface area (Å²) in [7, 11) is 0. The van der Waals surface area contributed by atoms with Gasteiger partial charge in [-0.2, -0.15) is 0 Å². The van der Waals surface area contributed by atoms with Gasteiger partial charge < -0.3 is 0 Å². The number of halogens is 2. The number of hydrogen-bond acceptors (Lipinski definition) is 4. The number of benzene rings is 2. The van der Waals surface area contributed by atoms with E-state index in [2.05, 4.69) is 26.2 Å². The van der Waals surface area contributed by atoms with Gasteiger partial charge in [0.25, 0.3) is 11.8 Å². The molecule has 0 aliphatic carbocycles. The topological polar surface area (TPSA) is 62.3 Å². The van der Waals surface area contributed by atoms with Crippen molar-refractivity contribution in [1.82, 2.24) is 10.3 Å². The zero-order valence-electron chi connectivity index (χ0n) is 15.3. The first-order chi connectivity index (χ1) is 14.4. The summed E-state index contributed by atoms with van der Waals surface area (Å²) in [6.07, 6.45) is 4.81. The van der Waals surface area contributed by atoms with Crippen molar-refractivity contribution >= 4 is 68.4 Å². The molecule has 148 valence electrons. The van der Waals surface area contributed by atoms with Crippen LogP contribution in [-0.4, -0.2) is 21.9 Å². The molecule has 2 heterocycles. The van der Waals surface area contributed by atoms with Gasteiger partial charge in [-0.05, 0) is 71.9 Å². The Balaban J connectivity index is 1.78. The number of nitrogens with zero attached hydrogens (tertiary/aromatic N) is 2. The number of aromatic nitrogens is 1. The Labute approximate surface area is 191 Å². The van der Waals surface area contributed by atoms with Gasteiger partial charge in [0.15, 0.2) is 5.11 Å². The van der Waals surface area contributed by atoms with Crippen LogP contribution < -0.4 is 10.2 Å². The molecular formula is C22H13BrClN3O2S. The molecule has 1 aliphatic heterocycles. The molecule has 30 heavy (non-hydrogen) atoms. The molecule has 0 unspecified atom stereocenters. The fourth-order valence-electron chi connectivity index (χ4n) is 3.08. The van der Waals surface area contributed by atoms with Crippen LogP contribution in [0.4, 0.5) is 5.69 Å². The van der Waals surface area contributed by atoms with Gasteiger partial charge in [0.2, 0.25) is 0 Å². The highest BCUT2D eigenvalue weighted by atomic mass is 79.9. The van der Waals surface area contributed by atoms with Crippen LogP contribution in [-0.2, 0) is 9.59 Å². The van der Waals surface area contributed by atoms with E-state index in [1.807, 2.05) is 30.3 Å². The molecule has 0 saturated carbocycles. The Morgan fingerprint density at radius 1 is 1.10 bits per heavy atom. The molecule has 3 aromatic rings. The van der Waals surface area contributed by atoms with Crippen molar-refractivity contribution in [2.45, 2.75) is 0 Å². The molecule has 2 amide bonds. The quantitative estimate of drug-likeness (QED) is 0.314. The van der Waals surface area contributed by atoms with E-state index in [0.29, 0.717) is 16.3 Å². The molecule has 0 radical (unpaired) electrons. The standard InChI is InChI=1S/C22H13BrClN3O2S/c23-15-3-1-2-13(10-15)18-8-9-25-12-14(18)11-19-20(28)26-22(30)27(21(19)29)17-6-4-16(24)5-7-17/h1-12H,(H,26,28,30)/b19-11+. The molecule has 0 atom stereocenters. The van der Waals surface area contributed by atoms with Crippen molar-refractivity contribution in [3.05, 3.63) is 87.6 Å². The van der Waals surface area contributed by atoms with Crippen molar-refractivity contribution in [2.24, 2.45) is 0 Å². The van der Waals surface area contributed by atoms with Crippen LogP contribution >= 0.6 is 39.7 Å². The Hall–Kier alpha value is -2.87. The Bertz CT molecular complexity index is 1210. The van der Waals surface area contributed by atoms with Gasteiger partial charge in [-0.25, -0.2) is 0 Å². The molecule has 1 saturated heterocycles. The van der Waals surface area contributed by atoms with Gasteiger partial charge in [0.05, 0.1) is 5.69 Å². The normalized spacial score (nSPS) is 15.5. The van der Waals surface area contributed by atoms with E-state index in [-0.39, 0.29) is 10.7 Å². The first-order valence-electron chi connectivity index (χ1n) is 8.81. The Morgan fingerprint density at radius 3 is 2.60 bits per heavy atom. The number of rotatable bonds is 3. The van der Waals surface area contributed by atoms with Crippen molar-refractivity contribution < 1.29 is 9.59 Å². The summed E-state index contributed by atoms with van der Waals surface area (Å²) < 4.78 is 0.918. The van der Waals surface area contributed by atoms with Crippen LogP contribution in [0, 0.1) is 0 Å². The molecular weight excluding hydrogens is 486 g/mol. The lowest BCUT2D eigenvalue weighted by molar-refractivity contribution is -0.122. The lowest BCUT2D eigenvalue weighted by Gasteiger charge is -2.29. The summed E-state index contributed by atoms with van der Waals surface area (Å²) in [6.45, 7) is 0. The van der Waals surface area contributed by atoms with E-state index in [1.54, 1.807) is 36.7 Å². The van der Waals surface area contributed by atoms with E-state index in [0.717, 1.165) is 15.6 Å². The highest BCUT2D eigenvalue weighted by molar-refractivity contribution is 9.10. The van der Waals surface area contributed by atoms with Crippen molar-refractivity contribution in [3.8, 4) is 11.1 Å². The molecule has 4 rings (SSSR count). The third-order valence-corrected chi connectivity index (χ3v) is 5.50. The monoisotopic (exact) mass is 497 g/mol. The summed E-state index contributed by atoms with van der Waals surface area (Å²) >= 11 is 14.6. The molecule has 0 spiro atoms. The van der Waals surface area contributed by atoms with Crippen LogP contribution in [0.2, 0.25) is 5.02 Å². The van der Waals surface area contributed by atoms with Gasteiger partial charge in [0.1, 0.15) is 5.57 Å². The first-order valence-corrected chi connectivity index (χ1v) is 10.4. The Kier molecular flexibility index (Phi) is 5.76. The molecule has 1 aliphatic rings. The third kappa shape index (κ3) is 4.05. The average Bonchev–Trinajstić information content (AvgIpc) is 2.72. The first kappa shape index (κ1) is 20.4. The maximum Gasteiger partial charge on any atom is 0.270 e. The van der Waals surface area contributed by atoms with Crippen molar-refractivity contribution in [2.75, 3.05) is 4.90 Å². The molecule has 1 aromatic heterocycles. The molecule has 8 heteroatoms. The minimum Gasteiger partial charge on any atom is -0.298 e. The van der Waals surface area contributed by atoms with Gasteiger partial charge in [-0.15, -0.1) is 0 Å². The van der Waals surface area contributed by atoms with Gasteiger partial charge in [0, 0.05) is 27.5 Å². The summed E-state index contributed by atoms with van der Waals surface area (Å²) in [5, 5.41) is 3.13. The predicted molar refractivity (Wildman–Crippen MR) is 125 cm³/mol. The predicted octanol–water partition coefficient (Wildman–Crippen LogP) is 5.00. The van der Waals surface area contributed by atoms with Crippen LogP contribution in [0.25, 0.3) is 17.2 Å². The second-order valence-electron chi connectivity index (χ2n) is 6.41. The van der Waals surface area contributed by atoms with Gasteiger partial charge in [-0.3, -0.25) is 24.8 Å². The van der Waals surface area contributed by atoms with E-state index < -0.39 is 11.8 Å². The van der Waals surface area contributed by atoms with E-state index in [4.69, 9.17) is 23.8 Å². The highest BCUT2D eigenvalue weighted by Crippen LogP contribution is 2.29. The molecule has 2 aromatic carbocycles. The number of anilines is 1. The van der Waals surface area contributed by atoms with Gasteiger partial charge >= 0.3 is 0 Å². The van der Waals surface area contributed by atoms with E-state index >= 15 is 0 Å². The van der Waals surface area contributed by atoms with Crippen LogP contribution in [0.15, 0.2) is 77.0 Å². The summed E-state index contributed by atoms with van der Waals surface area (Å²) in [5.74, 6) is -1.07. The minimum atomic E-state index is -0.556. The largest absolute Gasteiger partial charge is 0.298 e. The number of carbonyl (C=O) groups is 2. The number of amides is 2. The van der Waals surface area contributed by atoms with E-state index in [1.165, 1.54) is 11.0 Å². The lowest BCUT2D eigenvalue weighted by atomic mass is 9.99. The average molecular weight is 499 g/mol. The SMILES string of the molecule is O=C1NC(=S)N(c2ccc(Cl)cc2)C(=O)/C1=C/c1cnccc1-c1cccc(Br)c1. The van der Waals surface area contributed by atoms with E-state index in [9.17, 15) is 9.59 Å². The van der Waals surface area contributed by atoms with Crippen LogP contribution in [0.5, 0.6) is 0 Å². The van der Waals surface area contributed by atoms with Crippen LogP contribution in [0.1, 0.15) is 5.56 Å². The van der Waals surface area contributed by atoms with Crippen molar-refractivity contribution in [3.63, 3.8) is 0 Å². The molecule has 5 nitrogen and oxygen atoms in total. The zero-order valence-corrected chi connectivity index (χ0v) is 18.5. The molecule has 1 N–H and O–H groups in total. The zero-order chi connectivity index (χ0) is 21.3. The number of thiocarbonyl (C=S) groups is 1. The Morgan fingerprint density at radius 2 is 1.87 bits per heavy atom. The lowest BCUT2D eigenvalue weighted by Crippen LogP contribution is -2.54. The summed E-state index contributed by atoms with van der Waals surface area (Å²) in [4.78, 5) is 31.2. The summed E-state index contributed by atoms with van der Waals surface area (Å²) in [6, 6.07) is 16.2. The highest BCUT2D eigenvalue weighted by Gasteiger charge is 2.34. The van der Waals surface area contributed by atoms with Crippen LogP contribution in [0.3, 0.4) is 0 Å². The fraction of sp³-hybridized carbons (Fsp3) is 0. The number of pyridine rings is 1. The maximum atomic E-state index is 13.2. The minimum absolute atomic E-state index is 0.0165. The van der Waals surface area contributed by atoms with Gasteiger partial charge in [-0.1, -0.05) is 39.7 Å². The number of hydrogen-bond donors (Lipinski definition) is 1.